The van der Waals surface area contributed by atoms with Gasteiger partial charge in [0.05, 0.1) is 0 Å². The van der Waals surface area contributed by atoms with Gasteiger partial charge >= 0.3 is 5.97 Å². The Balaban J connectivity index is 1.70. The maximum absolute atomic E-state index is 12.4. The molecule has 0 aromatic heterocycles. The first kappa shape index (κ1) is 17.7. The van der Waals surface area contributed by atoms with Crippen molar-refractivity contribution in [2.45, 2.75) is 19.3 Å². The Kier molecular flexibility index (Phi) is 5.02. The number of amidine groups is 1. The number of nitrogens with two attached hydrogens (primary N) is 1. The molecule has 6 nitrogen and oxygen atoms in total. The number of fused-ring (bicyclic) bond motifs is 1. The van der Waals surface area contributed by atoms with E-state index in [1.807, 2.05) is 36.4 Å². The third-order valence-corrected chi connectivity index (χ3v) is 4.60. The molecule has 2 aromatic rings. The maximum atomic E-state index is 12.4. The Morgan fingerprint density at radius 3 is 2.58 bits per heavy atom. The fraction of sp³-hybridized carbons (Fsp3) is 0.250. The lowest BCUT2D eigenvalue weighted by molar-refractivity contribution is -0.137. The highest BCUT2D eigenvalue weighted by atomic mass is 16.4. The van der Waals surface area contributed by atoms with E-state index in [-0.39, 0.29) is 18.3 Å². The third-order valence-electron chi connectivity index (χ3n) is 4.60. The lowest BCUT2D eigenvalue weighted by Crippen LogP contribution is -2.40. The monoisotopic (exact) mass is 351 g/mol. The molecule has 0 bridgehead atoms. The van der Waals surface area contributed by atoms with Gasteiger partial charge in [0.2, 0.25) is 0 Å². The molecule has 1 aliphatic rings. The fourth-order valence-electron chi connectivity index (χ4n) is 3.24. The van der Waals surface area contributed by atoms with Crippen molar-refractivity contribution in [3.05, 3.63) is 70.3 Å². The molecule has 4 N–H and O–H groups in total. The molecular formula is C20H21N3O3. The van der Waals surface area contributed by atoms with Gasteiger partial charge in [-0.1, -0.05) is 30.3 Å². The summed E-state index contributed by atoms with van der Waals surface area (Å²) >= 11 is 0. The lowest BCUT2D eigenvalue weighted by atomic mass is 9.94. The number of hydrogen-bond donors (Lipinski definition) is 3. The van der Waals surface area contributed by atoms with Crippen LogP contribution in [-0.4, -0.2) is 40.8 Å². The summed E-state index contributed by atoms with van der Waals surface area (Å²) < 4.78 is 0. The van der Waals surface area contributed by atoms with Crippen LogP contribution in [0.1, 0.15) is 32.6 Å². The topological polar surface area (TPSA) is 107 Å². The van der Waals surface area contributed by atoms with Crippen LogP contribution in [0.2, 0.25) is 0 Å². The lowest BCUT2D eigenvalue weighted by Gasteiger charge is -2.27. The van der Waals surface area contributed by atoms with Crippen LogP contribution < -0.4 is 5.73 Å². The molecule has 0 spiro atoms. The molecular weight excluding hydrogens is 330 g/mol. The summed E-state index contributed by atoms with van der Waals surface area (Å²) in [6.07, 6.45) is 2.31. The smallest absolute Gasteiger partial charge is 0.323 e. The Bertz CT molecular complexity index is 876. The van der Waals surface area contributed by atoms with Gasteiger partial charge in [0.25, 0.3) is 5.91 Å². The molecule has 134 valence electrons. The summed E-state index contributed by atoms with van der Waals surface area (Å²) in [7, 11) is 0. The quantitative estimate of drug-likeness (QED) is 0.545. The first-order valence-electron chi connectivity index (χ1n) is 8.50. The van der Waals surface area contributed by atoms with Gasteiger partial charge < -0.3 is 15.7 Å². The van der Waals surface area contributed by atoms with Gasteiger partial charge in [0.15, 0.2) is 0 Å². The number of carboxylic acid groups (broad SMARTS) is 1. The number of aliphatic carboxylic acids is 1. The summed E-state index contributed by atoms with van der Waals surface area (Å²) in [6.45, 7) is 0.175. The number of rotatable bonds is 6. The number of carbonyl (C=O) groups excluding carboxylic acids is 1. The molecule has 0 fully saturated rings. The molecule has 1 aliphatic heterocycles. The van der Waals surface area contributed by atoms with Crippen LogP contribution in [0, 0.1) is 5.41 Å². The second kappa shape index (κ2) is 7.39. The number of nitrogens with zero attached hydrogens (tertiary/aromatic N) is 1. The number of carbonyl (C=O) groups is 2. The number of benzene rings is 2. The summed E-state index contributed by atoms with van der Waals surface area (Å²) in [6, 6.07) is 13.4. The molecule has 1 heterocycles. The van der Waals surface area contributed by atoms with E-state index < -0.39 is 5.97 Å². The number of nitrogens with one attached hydrogen (secondary N) is 1. The van der Waals surface area contributed by atoms with Crippen LogP contribution in [0.4, 0.5) is 0 Å². The van der Waals surface area contributed by atoms with Crippen molar-refractivity contribution in [2.24, 2.45) is 5.73 Å². The molecule has 2 aromatic carbocycles. The molecule has 3 rings (SSSR count). The van der Waals surface area contributed by atoms with Crippen molar-refractivity contribution >= 4 is 17.7 Å². The molecule has 6 heteroatoms. The van der Waals surface area contributed by atoms with Crippen molar-refractivity contribution in [2.75, 3.05) is 13.1 Å². The van der Waals surface area contributed by atoms with Gasteiger partial charge in [0, 0.05) is 17.7 Å². The number of aryl methyl sites for hydroxylation is 2. The predicted molar refractivity (Wildman–Crippen MR) is 98.6 cm³/mol. The van der Waals surface area contributed by atoms with Gasteiger partial charge in [-0.05, 0) is 48.1 Å². The van der Waals surface area contributed by atoms with Crippen molar-refractivity contribution in [3.63, 3.8) is 0 Å². The molecule has 0 aliphatic carbocycles. The molecule has 26 heavy (non-hydrogen) atoms. The number of amides is 1. The number of hydrogen-bond acceptors (Lipinski definition) is 3. The number of carboxylic acids is 1. The van der Waals surface area contributed by atoms with Crippen molar-refractivity contribution < 1.29 is 14.7 Å². The van der Waals surface area contributed by atoms with Crippen LogP contribution in [0.15, 0.2) is 42.5 Å². The van der Waals surface area contributed by atoms with Crippen LogP contribution in [0.5, 0.6) is 0 Å². The van der Waals surface area contributed by atoms with Gasteiger partial charge in [-0.3, -0.25) is 15.0 Å². The summed E-state index contributed by atoms with van der Waals surface area (Å²) in [5.74, 6) is -1.15. The molecule has 1 amide bonds. The zero-order chi connectivity index (χ0) is 18.7. The average Bonchev–Trinajstić information content (AvgIpc) is 2.62. The van der Waals surface area contributed by atoms with Crippen LogP contribution in [0.3, 0.4) is 0 Å². The van der Waals surface area contributed by atoms with E-state index in [0.29, 0.717) is 18.5 Å². The van der Waals surface area contributed by atoms with Gasteiger partial charge in [-0.25, -0.2) is 0 Å². The zero-order valence-corrected chi connectivity index (χ0v) is 14.4. The minimum Gasteiger partial charge on any atom is -0.480 e. The van der Waals surface area contributed by atoms with E-state index in [9.17, 15) is 9.59 Å². The van der Waals surface area contributed by atoms with Crippen molar-refractivity contribution in [1.82, 2.24) is 4.90 Å². The van der Waals surface area contributed by atoms with Crippen LogP contribution >= 0.6 is 0 Å². The maximum Gasteiger partial charge on any atom is 0.323 e. The highest BCUT2D eigenvalue weighted by Crippen LogP contribution is 2.21. The van der Waals surface area contributed by atoms with E-state index in [0.717, 1.165) is 35.1 Å². The minimum absolute atomic E-state index is 0.0602. The molecule has 0 atom stereocenters. The van der Waals surface area contributed by atoms with E-state index >= 15 is 0 Å². The summed E-state index contributed by atoms with van der Waals surface area (Å²) in [5, 5.41) is 16.4. The van der Waals surface area contributed by atoms with E-state index in [1.165, 1.54) is 4.90 Å². The summed E-state index contributed by atoms with van der Waals surface area (Å²) in [4.78, 5) is 24.6. The van der Waals surface area contributed by atoms with Gasteiger partial charge in [-0.2, -0.15) is 0 Å². The Labute approximate surface area is 151 Å². The summed E-state index contributed by atoms with van der Waals surface area (Å²) in [5.41, 5.74) is 10.1. The largest absolute Gasteiger partial charge is 0.480 e. The first-order valence-corrected chi connectivity index (χ1v) is 8.50. The second-order valence-electron chi connectivity index (χ2n) is 6.48. The molecule has 0 radical (unpaired) electrons. The van der Waals surface area contributed by atoms with Gasteiger partial charge in [0.1, 0.15) is 12.4 Å². The molecule has 0 saturated heterocycles. The Hall–Kier alpha value is -3.15. The second-order valence-corrected chi connectivity index (χ2v) is 6.48. The molecule has 0 saturated carbocycles. The first-order chi connectivity index (χ1) is 12.4. The third kappa shape index (κ3) is 3.91. The number of nitrogen functional groups attached to an aromatic ring is 1. The van der Waals surface area contributed by atoms with Crippen LogP contribution in [-0.2, 0) is 24.1 Å². The van der Waals surface area contributed by atoms with Gasteiger partial charge in [-0.15, -0.1) is 0 Å². The predicted octanol–water partition coefficient (Wildman–Crippen LogP) is 1.84. The normalized spacial score (nSPS) is 13.4. The fourth-order valence-corrected chi connectivity index (χ4v) is 3.24. The van der Waals surface area contributed by atoms with Crippen molar-refractivity contribution in [3.8, 4) is 0 Å². The Morgan fingerprint density at radius 1 is 1.15 bits per heavy atom. The average molecular weight is 351 g/mol. The Morgan fingerprint density at radius 2 is 1.88 bits per heavy atom. The highest BCUT2D eigenvalue weighted by Gasteiger charge is 2.25. The van der Waals surface area contributed by atoms with Crippen molar-refractivity contribution in [1.29, 1.82) is 5.41 Å². The zero-order valence-electron chi connectivity index (χ0n) is 14.4. The minimum atomic E-state index is -0.994. The van der Waals surface area contributed by atoms with E-state index in [4.69, 9.17) is 16.2 Å². The standard InChI is InChI=1S/C20H21N3O3/c21-19(22)16-3-1-2-13(11-16)4-5-14-6-7-17-15(10-14)8-9-23(20(17)26)12-18(24)25/h1-3,6-7,10-11H,4-5,8-9,12H2,(H3,21,22)(H,24,25). The SMILES string of the molecule is N=C(N)c1cccc(CCc2ccc3c(c2)CCN(CC(=O)O)C3=O)c1. The van der Waals surface area contributed by atoms with Crippen LogP contribution in [0.25, 0.3) is 0 Å². The van der Waals surface area contributed by atoms with E-state index in [2.05, 4.69) is 0 Å². The highest BCUT2D eigenvalue weighted by molar-refractivity contribution is 5.98. The molecule has 0 unspecified atom stereocenters. The van der Waals surface area contributed by atoms with E-state index in [1.54, 1.807) is 6.07 Å².